The second-order valence-corrected chi connectivity index (χ2v) is 11.8. The Labute approximate surface area is 238 Å². The van der Waals surface area contributed by atoms with Gasteiger partial charge in [-0.2, -0.15) is 13.2 Å². The SMILES string of the molecule is C[C@@H]1CN(c2nnc3cnc4ccc(-c5ccc(N6CCC(N(C)C)CC6)c(C(F)(F)F)c5)cc4n23)C[C@H](C)N1C. The molecule has 2 atom stereocenters. The van der Waals surface area contributed by atoms with Crippen LogP contribution in [0, 0.1) is 0 Å². The van der Waals surface area contributed by atoms with Crippen molar-refractivity contribution in [2.45, 2.75) is 51.0 Å². The number of benzene rings is 2. The Morgan fingerprint density at radius 3 is 2.20 bits per heavy atom. The van der Waals surface area contributed by atoms with E-state index in [1.807, 2.05) is 41.6 Å². The van der Waals surface area contributed by atoms with Crippen LogP contribution in [0.3, 0.4) is 0 Å². The molecule has 2 aliphatic rings. The molecule has 6 rings (SSSR count). The zero-order valence-corrected chi connectivity index (χ0v) is 24.2. The first-order valence-electron chi connectivity index (χ1n) is 14.2. The van der Waals surface area contributed by atoms with Crippen molar-refractivity contribution in [1.82, 2.24) is 29.4 Å². The van der Waals surface area contributed by atoms with Gasteiger partial charge in [0.05, 0.1) is 22.8 Å². The van der Waals surface area contributed by atoms with Gasteiger partial charge in [-0.05, 0) is 83.2 Å². The third kappa shape index (κ3) is 5.10. The maximum atomic E-state index is 14.4. The molecule has 0 amide bonds. The molecule has 2 aromatic carbocycles. The molecule has 0 N–H and O–H groups in total. The molecule has 218 valence electrons. The Balaban J connectivity index is 1.40. The highest BCUT2D eigenvalue weighted by molar-refractivity contribution is 5.85. The number of hydrogen-bond acceptors (Lipinski definition) is 7. The van der Waals surface area contributed by atoms with Crippen LogP contribution in [0.4, 0.5) is 24.8 Å². The van der Waals surface area contributed by atoms with Crippen LogP contribution in [0.2, 0.25) is 0 Å². The van der Waals surface area contributed by atoms with Crippen LogP contribution in [-0.2, 0) is 6.18 Å². The van der Waals surface area contributed by atoms with Crippen molar-refractivity contribution in [3.8, 4) is 11.1 Å². The third-order valence-corrected chi connectivity index (χ3v) is 9.02. The summed E-state index contributed by atoms with van der Waals surface area (Å²) >= 11 is 0. The van der Waals surface area contributed by atoms with Crippen molar-refractivity contribution < 1.29 is 13.2 Å². The average molecular weight is 567 g/mol. The van der Waals surface area contributed by atoms with E-state index in [4.69, 9.17) is 0 Å². The number of aromatic nitrogens is 4. The fourth-order valence-corrected chi connectivity index (χ4v) is 6.34. The smallest absolute Gasteiger partial charge is 0.371 e. The summed E-state index contributed by atoms with van der Waals surface area (Å²) in [4.78, 5) is 13.2. The van der Waals surface area contributed by atoms with Crippen molar-refractivity contribution in [3.63, 3.8) is 0 Å². The fourth-order valence-electron chi connectivity index (χ4n) is 6.34. The second-order valence-electron chi connectivity index (χ2n) is 11.8. The number of alkyl halides is 3. The predicted molar refractivity (Wildman–Crippen MR) is 157 cm³/mol. The molecular weight excluding hydrogens is 529 g/mol. The number of piperidine rings is 1. The molecule has 0 spiro atoms. The molecule has 2 aliphatic heterocycles. The lowest BCUT2D eigenvalue weighted by atomic mass is 9.98. The number of halogens is 3. The highest BCUT2D eigenvalue weighted by Crippen LogP contribution is 2.40. The molecule has 0 saturated carbocycles. The average Bonchev–Trinajstić information content (AvgIpc) is 3.39. The maximum Gasteiger partial charge on any atom is 0.418 e. The monoisotopic (exact) mass is 566 g/mol. The highest BCUT2D eigenvalue weighted by Gasteiger charge is 2.36. The molecule has 41 heavy (non-hydrogen) atoms. The van der Waals surface area contributed by atoms with Crippen LogP contribution in [0.5, 0.6) is 0 Å². The maximum absolute atomic E-state index is 14.4. The Kier molecular flexibility index (Phi) is 7.05. The quantitative estimate of drug-likeness (QED) is 0.344. The third-order valence-electron chi connectivity index (χ3n) is 9.02. The molecule has 11 heteroatoms. The van der Waals surface area contributed by atoms with E-state index in [0.29, 0.717) is 48.0 Å². The van der Waals surface area contributed by atoms with Crippen LogP contribution in [0.15, 0.2) is 42.6 Å². The Morgan fingerprint density at radius 1 is 0.878 bits per heavy atom. The molecule has 2 aromatic heterocycles. The van der Waals surface area contributed by atoms with E-state index in [-0.39, 0.29) is 5.69 Å². The second kappa shape index (κ2) is 10.4. The number of likely N-dealkylation sites (N-methyl/N-ethyl adjacent to an activating group) is 1. The first kappa shape index (κ1) is 27.7. The Hall–Kier alpha value is -3.44. The molecule has 2 fully saturated rings. The predicted octanol–water partition coefficient (Wildman–Crippen LogP) is 5.02. The summed E-state index contributed by atoms with van der Waals surface area (Å²) in [6.07, 6.45) is -1.10. The summed E-state index contributed by atoms with van der Waals surface area (Å²) in [6.45, 7) is 7.18. The highest BCUT2D eigenvalue weighted by atomic mass is 19.4. The topological polar surface area (TPSA) is 56.0 Å². The zero-order chi connectivity index (χ0) is 29.1. The van der Waals surface area contributed by atoms with Gasteiger partial charge in [-0.3, -0.25) is 14.3 Å². The van der Waals surface area contributed by atoms with Crippen molar-refractivity contribution in [2.75, 3.05) is 57.1 Å². The number of piperazine rings is 1. The van der Waals surface area contributed by atoms with Gasteiger partial charge >= 0.3 is 6.18 Å². The first-order valence-corrected chi connectivity index (χ1v) is 14.2. The summed E-state index contributed by atoms with van der Waals surface area (Å²) in [5.41, 5.74) is 2.96. The van der Waals surface area contributed by atoms with Crippen LogP contribution in [0.1, 0.15) is 32.3 Å². The molecule has 0 unspecified atom stereocenters. The fraction of sp³-hybridized carbons (Fsp3) is 0.500. The number of fused-ring (bicyclic) bond motifs is 3. The largest absolute Gasteiger partial charge is 0.418 e. The summed E-state index contributed by atoms with van der Waals surface area (Å²) in [5, 5.41) is 8.89. The van der Waals surface area contributed by atoms with Gasteiger partial charge in [0.2, 0.25) is 5.95 Å². The van der Waals surface area contributed by atoms with E-state index in [1.165, 1.54) is 6.07 Å². The number of nitrogens with zero attached hydrogens (tertiary/aromatic N) is 8. The summed E-state index contributed by atoms with van der Waals surface area (Å²) in [5.74, 6) is 0.726. The van der Waals surface area contributed by atoms with Crippen LogP contribution in [0.25, 0.3) is 27.8 Å². The minimum atomic E-state index is -4.47. The molecule has 0 radical (unpaired) electrons. The van der Waals surface area contributed by atoms with Gasteiger partial charge < -0.3 is 14.7 Å². The number of rotatable bonds is 4. The summed E-state index contributed by atoms with van der Waals surface area (Å²) < 4.78 is 45.2. The van der Waals surface area contributed by atoms with Crippen LogP contribution in [-0.4, -0.2) is 94.8 Å². The summed E-state index contributed by atoms with van der Waals surface area (Å²) in [7, 11) is 6.18. The summed E-state index contributed by atoms with van der Waals surface area (Å²) in [6, 6.07) is 11.4. The van der Waals surface area contributed by atoms with E-state index in [0.717, 1.165) is 42.9 Å². The van der Waals surface area contributed by atoms with Gasteiger partial charge in [0, 0.05) is 50.0 Å². The molecule has 0 bridgehead atoms. The van der Waals surface area contributed by atoms with E-state index < -0.39 is 11.7 Å². The molecule has 0 aliphatic carbocycles. The minimum Gasteiger partial charge on any atom is -0.371 e. The van der Waals surface area contributed by atoms with Crippen LogP contribution >= 0.6 is 0 Å². The normalized spacial score (nSPS) is 21.5. The van der Waals surface area contributed by atoms with Crippen molar-refractivity contribution >= 4 is 28.3 Å². The Bertz CT molecular complexity index is 1540. The van der Waals surface area contributed by atoms with Crippen molar-refractivity contribution in [1.29, 1.82) is 0 Å². The first-order chi connectivity index (χ1) is 19.5. The van der Waals surface area contributed by atoms with E-state index in [1.54, 1.807) is 18.3 Å². The molecule has 2 saturated heterocycles. The lowest BCUT2D eigenvalue weighted by molar-refractivity contribution is -0.137. The van der Waals surface area contributed by atoms with E-state index in [9.17, 15) is 13.2 Å². The van der Waals surface area contributed by atoms with Crippen molar-refractivity contribution in [2.24, 2.45) is 0 Å². The van der Waals surface area contributed by atoms with Gasteiger partial charge in [-0.25, -0.2) is 0 Å². The molecule has 4 heterocycles. The lowest BCUT2D eigenvalue weighted by Gasteiger charge is -2.42. The zero-order valence-electron chi connectivity index (χ0n) is 24.2. The van der Waals surface area contributed by atoms with E-state index >= 15 is 0 Å². The minimum absolute atomic E-state index is 0.253. The van der Waals surface area contributed by atoms with Gasteiger partial charge in [0.25, 0.3) is 0 Å². The lowest BCUT2D eigenvalue weighted by Crippen LogP contribution is -2.55. The Morgan fingerprint density at radius 2 is 1.54 bits per heavy atom. The van der Waals surface area contributed by atoms with Gasteiger partial charge in [0.15, 0.2) is 5.65 Å². The van der Waals surface area contributed by atoms with E-state index in [2.05, 4.69) is 50.8 Å². The van der Waals surface area contributed by atoms with Crippen molar-refractivity contribution in [3.05, 3.63) is 48.2 Å². The molecule has 8 nitrogen and oxygen atoms in total. The van der Waals surface area contributed by atoms with Gasteiger partial charge in [-0.1, -0.05) is 12.1 Å². The van der Waals surface area contributed by atoms with Crippen LogP contribution < -0.4 is 9.80 Å². The molecular formula is C30H37F3N8. The standard InChI is InChI=1S/C30H37F3N8/c1-19-17-40(18-20(2)38(19)5)29-36-35-28-16-34-25-8-6-22(15-27(25)41(28)29)21-7-9-26(24(14-21)30(31,32)33)39-12-10-23(11-13-39)37(3)4/h6-9,14-16,19-20,23H,10-13,17-18H2,1-5H3/t19-,20+. The number of hydrogen-bond donors (Lipinski definition) is 0. The number of anilines is 2. The molecule has 4 aromatic rings. The van der Waals surface area contributed by atoms with Gasteiger partial charge in [-0.15, -0.1) is 10.2 Å². The van der Waals surface area contributed by atoms with Gasteiger partial charge in [0.1, 0.15) is 0 Å².